The Labute approximate surface area is 68.6 Å². The average molecular weight is 158 g/mol. The summed E-state index contributed by atoms with van der Waals surface area (Å²) < 4.78 is 0. The summed E-state index contributed by atoms with van der Waals surface area (Å²) >= 11 is 0. The molecule has 1 atom stereocenters. The molecule has 0 aromatic heterocycles. The van der Waals surface area contributed by atoms with Crippen LogP contribution in [0.15, 0.2) is 12.2 Å². The molecule has 0 heterocycles. The Kier molecular flexibility index (Phi) is 6.18. The topological polar surface area (TPSA) is 40.5 Å². The third-order valence-corrected chi connectivity index (χ3v) is 1.42. The van der Waals surface area contributed by atoms with E-state index in [-0.39, 0.29) is 12.7 Å². The molecule has 66 valence electrons. The van der Waals surface area contributed by atoms with Gasteiger partial charge in [-0.1, -0.05) is 26.0 Å². The minimum Gasteiger partial charge on any atom is -0.393 e. The van der Waals surface area contributed by atoms with E-state index in [0.717, 1.165) is 6.42 Å². The van der Waals surface area contributed by atoms with Crippen LogP contribution < -0.4 is 0 Å². The second kappa shape index (κ2) is 6.38. The maximum atomic E-state index is 9.31. The molecule has 0 fully saturated rings. The van der Waals surface area contributed by atoms with Crippen LogP contribution in [0, 0.1) is 5.92 Å². The summed E-state index contributed by atoms with van der Waals surface area (Å²) in [6.07, 6.45) is 4.70. The molecular weight excluding hydrogens is 140 g/mol. The molecule has 0 saturated heterocycles. The second-order valence-corrected chi connectivity index (χ2v) is 3.17. The van der Waals surface area contributed by atoms with Crippen LogP contribution in [0.3, 0.4) is 0 Å². The molecule has 2 N–H and O–H groups in total. The highest BCUT2D eigenvalue weighted by molar-refractivity contribution is 4.83. The van der Waals surface area contributed by atoms with E-state index in [9.17, 15) is 5.11 Å². The highest BCUT2D eigenvalue weighted by atomic mass is 16.3. The van der Waals surface area contributed by atoms with Crippen molar-refractivity contribution in [3.63, 3.8) is 0 Å². The van der Waals surface area contributed by atoms with Gasteiger partial charge in [0.2, 0.25) is 0 Å². The predicted octanol–water partition coefficient (Wildman–Crippen LogP) is 1.33. The van der Waals surface area contributed by atoms with Gasteiger partial charge < -0.3 is 10.2 Å². The van der Waals surface area contributed by atoms with Crippen molar-refractivity contribution >= 4 is 0 Å². The van der Waals surface area contributed by atoms with E-state index in [0.29, 0.717) is 12.3 Å². The van der Waals surface area contributed by atoms with Gasteiger partial charge in [0.05, 0.1) is 12.7 Å². The van der Waals surface area contributed by atoms with Gasteiger partial charge in [0.25, 0.3) is 0 Å². The van der Waals surface area contributed by atoms with Crippen LogP contribution >= 0.6 is 0 Å². The Morgan fingerprint density at radius 2 is 1.91 bits per heavy atom. The fraction of sp³-hybridized carbons (Fsp3) is 0.778. The fourth-order valence-electron chi connectivity index (χ4n) is 0.968. The summed E-state index contributed by atoms with van der Waals surface area (Å²) in [6, 6.07) is 0. The maximum Gasteiger partial charge on any atom is 0.0612 e. The van der Waals surface area contributed by atoms with Crippen LogP contribution in [0.1, 0.15) is 26.7 Å². The number of hydrogen-bond acceptors (Lipinski definition) is 2. The molecule has 0 radical (unpaired) electrons. The Morgan fingerprint density at radius 1 is 1.27 bits per heavy atom. The van der Waals surface area contributed by atoms with Crippen LogP contribution in [-0.4, -0.2) is 22.9 Å². The van der Waals surface area contributed by atoms with E-state index in [2.05, 4.69) is 13.8 Å². The lowest BCUT2D eigenvalue weighted by Gasteiger charge is -2.09. The van der Waals surface area contributed by atoms with Crippen molar-refractivity contribution in [3.8, 4) is 0 Å². The van der Waals surface area contributed by atoms with Crippen LogP contribution in [-0.2, 0) is 0 Å². The van der Waals surface area contributed by atoms with Crippen molar-refractivity contribution in [2.75, 3.05) is 6.61 Å². The van der Waals surface area contributed by atoms with Crippen molar-refractivity contribution in [2.45, 2.75) is 32.8 Å². The third-order valence-electron chi connectivity index (χ3n) is 1.42. The van der Waals surface area contributed by atoms with E-state index >= 15 is 0 Å². The maximum absolute atomic E-state index is 9.31. The van der Waals surface area contributed by atoms with Gasteiger partial charge in [0, 0.05) is 0 Å². The Balaban J connectivity index is 3.36. The van der Waals surface area contributed by atoms with Crippen LogP contribution in [0.4, 0.5) is 0 Å². The molecule has 0 aliphatic rings. The number of rotatable bonds is 5. The number of hydrogen-bond donors (Lipinski definition) is 2. The van der Waals surface area contributed by atoms with Gasteiger partial charge >= 0.3 is 0 Å². The molecule has 11 heavy (non-hydrogen) atoms. The molecule has 0 aromatic rings. The predicted molar refractivity (Wildman–Crippen MR) is 46.3 cm³/mol. The Morgan fingerprint density at radius 3 is 2.36 bits per heavy atom. The van der Waals surface area contributed by atoms with E-state index in [1.807, 2.05) is 6.08 Å². The zero-order valence-corrected chi connectivity index (χ0v) is 7.33. The molecule has 0 saturated carbocycles. The van der Waals surface area contributed by atoms with Crippen molar-refractivity contribution in [2.24, 2.45) is 5.92 Å². The molecule has 2 heteroatoms. The van der Waals surface area contributed by atoms with Gasteiger partial charge in [-0.25, -0.2) is 0 Å². The Bertz CT molecular complexity index is 108. The molecule has 2 nitrogen and oxygen atoms in total. The van der Waals surface area contributed by atoms with Gasteiger partial charge in [-0.15, -0.1) is 0 Å². The lowest BCUT2D eigenvalue weighted by atomic mass is 10.0. The van der Waals surface area contributed by atoms with Crippen LogP contribution in [0.5, 0.6) is 0 Å². The normalized spacial score (nSPS) is 14.6. The number of aliphatic hydroxyl groups is 2. The smallest absolute Gasteiger partial charge is 0.0612 e. The first-order valence-corrected chi connectivity index (χ1v) is 4.10. The summed E-state index contributed by atoms with van der Waals surface area (Å²) in [5, 5.41) is 17.7. The lowest BCUT2D eigenvalue weighted by molar-refractivity contribution is 0.151. The molecule has 1 unspecified atom stereocenters. The summed E-state index contributed by atoms with van der Waals surface area (Å²) in [6.45, 7) is 4.23. The average Bonchev–Trinajstić information content (AvgIpc) is 1.86. The molecule has 0 bridgehead atoms. The largest absolute Gasteiger partial charge is 0.393 e. The standard InChI is InChI=1S/C9H18O2/c1-8(2)7-9(11)5-3-4-6-10/h3-4,8-11H,5-7H2,1-2H3. The van der Waals surface area contributed by atoms with Crippen molar-refractivity contribution in [1.82, 2.24) is 0 Å². The summed E-state index contributed by atoms with van der Waals surface area (Å²) in [5.74, 6) is 0.535. The van der Waals surface area contributed by atoms with Gasteiger partial charge in [0.1, 0.15) is 0 Å². The summed E-state index contributed by atoms with van der Waals surface area (Å²) in [5.41, 5.74) is 0. The van der Waals surface area contributed by atoms with Gasteiger partial charge in [-0.3, -0.25) is 0 Å². The van der Waals surface area contributed by atoms with E-state index in [1.165, 1.54) is 0 Å². The molecule has 0 aliphatic carbocycles. The third kappa shape index (κ3) is 7.56. The molecule has 0 aromatic carbocycles. The molecule has 0 spiro atoms. The number of aliphatic hydroxyl groups excluding tert-OH is 2. The zero-order chi connectivity index (χ0) is 8.69. The van der Waals surface area contributed by atoms with Gasteiger partial charge in [-0.2, -0.15) is 0 Å². The minimum atomic E-state index is -0.252. The summed E-state index contributed by atoms with van der Waals surface area (Å²) in [7, 11) is 0. The van der Waals surface area contributed by atoms with E-state index < -0.39 is 0 Å². The molecule has 0 aliphatic heterocycles. The van der Waals surface area contributed by atoms with Crippen molar-refractivity contribution < 1.29 is 10.2 Å². The Hall–Kier alpha value is -0.340. The second-order valence-electron chi connectivity index (χ2n) is 3.17. The minimum absolute atomic E-state index is 0.0639. The monoisotopic (exact) mass is 158 g/mol. The van der Waals surface area contributed by atoms with Crippen molar-refractivity contribution in [1.29, 1.82) is 0 Å². The lowest BCUT2D eigenvalue weighted by Crippen LogP contribution is -2.08. The first-order chi connectivity index (χ1) is 5.16. The fourth-order valence-corrected chi connectivity index (χ4v) is 0.968. The van der Waals surface area contributed by atoms with E-state index in [1.54, 1.807) is 6.08 Å². The zero-order valence-electron chi connectivity index (χ0n) is 7.33. The quantitative estimate of drug-likeness (QED) is 0.593. The first-order valence-electron chi connectivity index (χ1n) is 4.10. The van der Waals surface area contributed by atoms with Gasteiger partial charge in [-0.05, 0) is 18.8 Å². The SMILES string of the molecule is CC(C)CC(O)CC=CCO. The van der Waals surface area contributed by atoms with Crippen molar-refractivity contribution in [3.05, 3.63) is 12.2 Å². The summed E-state index contributed by atoms with van der Waals surface area (Å²) in [4.78, 5) is 0. The van der Waals surface area contributed by atoms with Gasteiger partial charge in [0.15, 0.2) is 0 Å². The first kappa shape index (κ1) is 10.7. The molecule has 0 amide bonds. The highest BCUT2D eigenvalue weighted by Gasteiger charge is 2.03. The highest BCUT2D eigenvalue weighted by Crippen LogP contribution is 2.07. The molecule has 0 rings (SSSR count). The van der Waals surface area contributed by atoms with Crippen LogP contribution in [0.2, 0.25) is 0 Å². The molecular formula is C9H18O2. The van der Waals surface area contributed by atoms with Crippen LogP contribution in [0.25, 0.3) is 0 Å². The van der Waals surface area contributed by atoms with E-state index in [4.69, 9.17) is 5.11 Å².